The van der Waals surface area contributed by atoms with Crippen LogP contribution in [0.15, 0.2) is 0 Å². The molecule has 1 saturated heterocycles. The average Bonchev–Trinajstić information content (AvgIpc) is 2.39. The summed E-state index contributed by atoms with van der Waals surface area (Å²) >= 11 is 0. The fourth-order valence-electron chi connectivity index (χ4n) is 1.17. The Morgan fingerprint density at radius 3 is 2.73 bits per heavy atom. The van der Waals surface area contributed by atoms with E-state index < -0.39 is 6.23 Å². The lowest BCUT2D eigenvalue weighted by Gasteiger charge is -2.18. The molecule has 3 unspecified atom stereocenters. The lowest BCUT2D eigenvalue weighted by Crippen LogP contribution is -2.45. The lowest BCUT2D eigenvalue weighted by molar-refractivity contribution is 0.143. The molecule has 0 aromatic carbocycles. The molecule has 0 bridgehead atoms. The van der Waals surface area contributed by atoms with E-state index in [0.717, 1.165) is 13.2 Å². The van der Waals surface area contributed by atoms with Crippen molar-refractivity contribution in [2.45, 2.75) is 24.7 Å². The molecular formula is C6H16N4O. The minimum atomic E-state index is -0.905. The van der Waals surface area contributed by atoms with Crippen molar-refractivity contribution in [3.8, 4) is 0 Å². The molecule has 0 spiro atoms. The first-order chi connectivity index (χ1) is 5.20. The predicted molar refractivity (Wildman–Crippen MR) is 42.6 cm³/mol. The van der Waals surface area contributed by atoms with Crippen molar-refractivity contribution >= 4 is 0 Å². The van der Waals surface area contributed by atoms with Crippen LogP contribution >= 0.6 is 0 Å². The van der Waals surface area contributed by atoms with Gasteiger partial charge in [0.2, 0.25) is 0 Å². The van der Waals surface area contributed by atoms with Crippen molar-refractivity contribution in [3.05, 3.63) is 0 Å². The Morgan fingerprint density at radius 1 is 1.55 bits per heavy atom. The molecule has 3 atom stereocenters. The minimum absolute atomic E-state index is 0.326. The van der Waals surface area contributed by atoms with Crippen LogP contribution in [0.2, 0.25) is 0 Å². The number of rotatable bonds is 3. The van der Waals surface area contributed by atoms with Gasteiger partial charge in [0.05, 0.1) is 0 Å². The van der Waals surface area contributed by atoms with E-state index in [4.69, 9.17) is 16.6 Å². The molecule has 5 nitrogen and oxygen atoms in total. The Labute approximate surface area is 66.1 Å². The molecule has 5 heteroatoms. The summed E-state index contributed by atoms with van der Waals surface area (Å²) in [5.74, 6) is 0. The van der Waals surface area contributed by atoms with E-state index in [0.29, 0.717) is 12.5 Å². The van der Waals surface area contributed by atoms with Crippen molar-refractivity contribution in [1.29, 1.82) is 0 Å². The van der Waals surface area contributed by atoms with E-state index in [1.165, 1.54) is 0 Å². The average molecular weight is 160 g/mol. The van der Waals surface area contributed by atoms with Crippen molar-refractivity contribution < 1.29 is 5.11 Å². The quantitative estimate of drug-likeness (QED) is 0.294. The van der Waals surface area contributed by atoms with E-state index in [9.17, 15) is 0 Å². The normalized spacial score (nSPS) is 30.3. The molecule has 0 radical (unpaired) electrons. The van der Waals surface area contributed by atoms with Crippen LogP contribution in [0.3, 0.4) is 0 Å². The second kappa shape index (κ2) is 3.99. The van der Waals surface area contributed by atoms with Crippen molar-refractivity contribution in [1.82, 2.24) is 10.6 Å². The highest BCUT2D eigenvalue weighted by atomic mass is 16.3. The Kier molecular flexibility index (Phi) is 3.22. The molecular weight excluding hydrogens is 144 g/mol. The Bertz CT molecular complexity index is 113. The zero-order chi connectivity index (χ0) is 8.27. The van der Waals surface area contributed by atoms with Gasteiger partial charge in [-0.1, -0.05) is 0 Å². The Balaban J connectivity index is 2.18. The van der Waals surface area contributed by atoms with Crippen LogP contribution in [0.4, 0.5) is 0 Å². The SMILES string of the molecule is NC(O)C(N)CC1CNCN1. The summed E-state index contributed by atoms with van der Waals surface area (Å²) in [4.78, 5) is 0. The molecule has 0 aliphatic carbocycles. The van der Waals surface area contributed by atoms with E-state index in [-0.39, 0.29) is 6.04 Å². The van der Waals surface area contributed by atoms with Gasteiger partial charge in [0, 0.05) is 25.3 Å². The summed E-state index contributed by atoms with van der Waals surface area (Å²) < 4.78 is 0. The summed E-state index contributed by atoms with van der Waals surface area (Å²) in [7, 11) is 0. The van der Waals surface area contributed by atoms with Gasteiger partial charge < -0.3 is 27.2 Å². The van der Waals surface area contributed by atoms with Gasteiger partial charge >= 0.3 is 0 Å². The fraction of sp³-hybridized carbons (Fsp3) is 1.00. The van der Waals surface area contributed by atoms with Crippen molar-refractivity contribution in [2.24, 2.45) is 11.5 Å². The second-order valence-electron chi connectivity index (χ2n) is 2.92. The lowest BCUT2D eigenvalue weighted by atomic mass is 10.1. The van der Waals surface area contributed by atoms with Gasteiger partial charge in [-0.15, -0.1) is 0 Å². The highest BCUT2D eigenvalue weighted by molar-refractivity contribution is 4.81. The molecule has 0 aromatic rings. The summed E-state index contributed by atoms with van der Waals surface area (Å²) in [6, 6.07) is 0.0237. The van der Waals surface area contributed by atoms with Gasteiger partial charge in [0.1, 0.15) is 6.23 Å². The third kappa shape index (κ3) is 2.72. The van der Waals surface area contributed by atoms with Crippen LogP contribution in [-0.4, -0.2) is 36.6 Å². The third-order valence-corrected chi connectivity index (χ3v) is 1.90. The summed E-state index contributed by atoms with van der Waals surface area (Å²) in [5, 5.41) is 15.2. The van der Waals surface area contributed by atoms with Crippen LogP contribution in [0.25, 0.3) is 0 Å². The van der Waals surface area contributed by atoms with Crippen LogP contribution in [0.1, 0.15) is 6.42 Å². The molecule has 0 aromatic heterocycles. The topological polar surface area (TPSA) is 96.3 Å². The maximum atomic E-state index is 8.89. The summed E-state index contributed by atoms with van der Waals surface area (Å²) in [6.45, 7) is 1.72. The maximum Gasteiger partial charge on any atom is 0.117 e. The molecule has 1 rings (SSSR count). The number of hydrogen-bond donors (Lipinski definition) is 5. The first-order valence-corrected chi connectivity index (χ1v) is 3.83. The van der Waals surface area contributed by atoms with Gasteiger partial charge in [-0.3, -0.25) is 0 Å². The molecule has 1 aliphatic rings. The Morgan fingerprint density at radius 2 is 2.27 bits per heavy atom. The minimum Gasteiger partial charge on any atom is -0.377 e. The van der Waals surface area contributed by atoms with E-state index in [1.54, 1.807) is 0 Å². The van der Waals surface area contributed by atoms with Gasteiger partial charge in [-0.25, -0.2) is 0 Å². The van der Waals surface area contributed by atoms with Crippen molar-refractivity contribution in [2.75, 3.05) is 13.2 Å². The number of aliphatic hydroxyl groups is 1. The van der Waals surface area contributed by atoms with Crippen LogP contribution in [0.5, 0.6) is 0 Å². The molecule has 1 heterocycles. The molecule has 0 saturated carbocycles. The standard InChI is InChI=1S/C6H16N4O/c7-5(6(8)11)1-4-2-9-3-10-4/h4-6,9-11H,1-3,7-8H2. The van der Waals surface area contributed by atoms with Crippen LogP contribution in [-0.2, 0) is 0 Å². The molecule has 66 valence electrons. The number of aliphatic hydroxyl groups excluding tert-OH is 1. The molecule has 0 amide bonds. The zero-order valence-electron chi connectivity index (χ0n) is 6.46. The highest BCUT2D eigenvalue weighted by Gasteiger charge is 2.19. The first-order valence-electron chi connectivity index (χ1n) is 3.83. The van der Waals surface area contributed by atoms with Gasteiger partial charge in [0.25, 0.3) is 0 Å². The summed E-state index contributed by atoms with van der Waals surface area (Å²) in [5.41, 5.74) is 10.7. The largest absolute Gasteiger partial charge is 0.377 e. The van der Waals surface area contributed by atoms with E-state index >= 15 is 0 Å². The molecule has 11 heavy (non-hydrogen) atoms. The molecule has 7 N–H and O–H groups in total. The summed E-state index contributed by atoms with van der Waals surface area (Å²) in [6.07, 6.45) is -0.192. The maximum absolute atomic E-state index is 8.89. The third-order valence-electron chi connectivity index (χ3n) is 1.90. The fourth-order valence-corrected chi connectivity index (χ4v) is 1.17. The smallest absolute Gasteiger partial charge is 0.117 e. The zero-order valence-corrected chi connectivity index (χ0v) is 6.46. The Hall–Kier alpha value is -0.200. The first kappa shape index (κ1) is 8.89. The molecule has 1 fully saturated rings. The second-order valence-corrected chi connectivity index (χ2v) is 2.92. The van der Waals surface area contributed by atoms with Crippen LogP contribution in [0, 0.1) is 0 Å². The van der Waals surface area contributed by atoms with E-state index in [2.05, 4.69) is 10.6 Å². The number of nitrogens with two attached hydrogens (primary N) is 2. The predicted octanol–water partition coefficient (Wildman–Crippen LogP) is -2.50. The van der Waals surface area contributed by atoms with E-state index in [1.807, 2.05) is 0 Å². The monoisotopic (exact) mass is 160 g/mol. The number of nitrogens with one attached hydrogen (secondary N) is 2. The highest BCUT2D eigenvalue weighted by Crippen LogP contribution is 1.99. The van der Waals surface area contributed by atoms with Gasteiger partial charge in [-0.05, 0) is 6.42 Å². The van der Waals surface area contributed by atoms with Crippen molar-refractivity contribution in [3.63, 3.8) is 0 Å². The van der Waals surface area contributed by atoms with Gasteiger partial charge in [-0.2, -0.15) is 0 Å². The van der Waals surface area contributed by atoms with Gasteiger partial charge in [0.15, 0.2) is 0 Å². The molecule has 1 aliphatic heterocycles. The number of hydrogen-bond acceptors (Lipinski definition) is 5. The van der Waals surface area contributed by atoms with Crippen LogP contribution < -0.4 is 22.1 Å².